The number of fused-ring (bicyclic) bond motifs is 1. The normalized spacial score (nSPS) is 23.7. The SMILES string of the molecule is CCCCOc1ccc(C(=O)NC[C@@H]2CN3CCC[C@@H]3CO2)cc1. The van der Waals surface area contributed by atoms with Gasteiger partial charge < -0.3 is 14.8 Å². The Balaban J connectivity index is 1.43. The van der Waals surface area contributed by atoms with Gasteiger partial charge in [0.1, 0.15) is 5.75 Å². The molecule has 1 N–H and O–H groups in total. The molecule has 1 aromatic carbocycles. The number of hydrogen-bond donors (Lipinski definition) is 1. The van der Waals surface area contributed by atoms with Crippen LogP contribution < -0.4 is 10.1 Å². The number of unbranched alkanes of at least 4 members (excludes halogenated alkanes) is 1. The Morgan fingerprint density at radius 2 is 2.21 bits per heavy atom. The molecule has 24 heavy (non-hydrogen) atoms. The quantitative estimate of drug-likeness (QED) is 0.779. The van der Waals surface area contributed by atoms with Crippen LogP contribution in [0, 0.1) is 0 Å². The molecular formula is C19H28N2O3. The van der Waals surface area contributed by atoms with Crippen LogP contribution >= 0.6 is 0 Å². The van der Waals surface area contributed by atoms with Crippen LogP contribution in [0.3, 0.4) is 0 Å². The first-order valence-corrected chi connectivity index (χ1v) is 9.13. The molecule has 0 spiro atoms. The zero-order chi connectivity index (χ0) is 16.8. The lowest BCUT2D eigenvalue weighted by atomic mass is 10.1. The van der Waals surface area contributed by atoms with Crippen molar-refractivity contribution >= 4 is 5.91 Å². The number of nitrogens with zero attached hydrogens (tertiary/aromatic N) is 1. The lowest BCUT2D eigenvalue weighted by Crippen LogP contribution is -2.50. The number of carbonyl (C=O) groups is 1. The molecule has 1 amide bonds. The van der Waals surface area contributed by atoms with Gasteiger partial charge in [-0.2, -0.15) is 0 Å². The van der Waals surface area contributed by atoms with Crippen LogP contribution in [-0.2, 0) is 4.74 Å². The number of rotatable bonds is 7. The number of nitrogens with one attached hydrogen (secondary N) is 1. The Morgan fingerprint density at radius 3 is 3.00 bits per heavy atom. The predicted molar refractivity (Wildman–Crippen MR) is 93.5 cm³/mol. The third-order valence-corrected chi connectivity index (χ3v) is 4.83. The highest BCUT2D eigenvalue weighted by molar-refractivity contribution is 5.94. The van der Waals surface area contributed by atoms with E-state index in [1.165, 1.54) is 12.8 Å². The van der Waals surface area contributed by atoms with E-state index in [4.69, 9.17) is 9.47 Å². The minimum Gasteiger partial charge on any atom is -0.494 e. The average Bonchev–Trinajstić information content (AvgIpc) is 3.08. The van der Waals surface area contributed by atoms with Crippen LogP contribution in [0.5, 0.6) is 5.75 Å². The van der Waals surface area contributed by atoms with E-state index in [0.717, 1.165) is 44.9 Å². The highest BCUT2D eigenvalue weighted by atomic mass is 16.5. The van der Waals surface area contributed by atoms with Gasteiger partial charge in [-0.1, -0.05) is 13.3 Å². The number of hydrogen-bond acceptors (Lipinski definition) is 4. The third kappa shape index (κ3) is 4.48. The molecule has 0 bridgehead atoms. The molecule has 0 aromatic heterocycles. The molecule has 2 atom stereocenters. The van der Waals surface area contributed by atoms with Gasteiger partial charge in [-0.15, -0.1) is 0 Å². The molecule has 3 rings (SSSR count). The van der Waals surface area contributed by atoms with E-state index in [1.54, 1.807) is 0 Å². The minimum absolute atomic E-state index is 0.0535. The summed E-state index contributed by atoms with van der Waals surface area (Å²) < 4.78 is 11.5. The van der Waals surface area contributed by atoms with E-state index in [0.29, 0.717) is 18.2 Å². The summed E-state index contributed by atoms with van der Waals surface area (Å²) in [5.41, 5.74) is 0.660. The first-order valence-electron chi connectivity index (χ1n) is 9.13. The maximum Gasteiger partial charge on any atom is 0.251 e. The second-order valence-electron chi connectivity index (χ2n) is 6.68. The first kappa shape index (κ1) is 17.2. The fourth-order valence-corrected chi connectivity index (χ4v) is 3.35. The molecular weight excluding hydrogens is 304 g/mol. The van der Waals surface area contributed by atoms with Crippen molar-refractivity contribution in [3.63, 3.8) is 0 Å². The monoisotopic (exact) mass is 332 g/mol. The summed E-state index contributed by atoms with van der Waals surface area (Å²) >= 11 is 0. The predicted octanol–water partition coefficient (Wildman–Crippen LogP) is 2.46. The lowest BCUT2D eigenvalue weighted by Gasteiger charge is -2.35. The largest absolute Gasteiger partial charge is 0.494 e. The molecule has 2 aliphatic heterocycles. The molecule has 132 valence electrons. The van der Waals surface area contributed by atoms with Gasteiger partial charge in [-0.3, -0.25) is 9.69 Å². The first-order chi connectivity index (χ1) is 11.8. The smallest absolute Gasteiger partial charge is 0.251 e. The summed E-state index contributed by atoms with van der Waals surface area (Å²) in [5.74, 6) is 0.762. The van der Waals surface area contributed by atoms with Gasteiger partial charge in [0.15, 0.2) is 0 Å². The van der Waals surface area contributed by atoms with E-state index in [2.05, 4.69) is 17.1 Å². The molecule has 0 saturated carbocycles. The van der Waals surface area contributed by atoms with E-state index in [-0.39, 0.29) is 12.0 Å². The Labute approximate surface area is 144 Å². The van der Waals surface area contributed by atoms with Gasteiger partial charge >= 0.3 is 0 Å². The molecule has 2 aliphatic rings. The standard InChI is InChI=1S/C19H28N2O3/c1-2-3-11-23-17-8-6-15(7-9-17)19(22)20-12-18-13-21-10-4-5-16(21)14-24-18/h6-9,16,18H,2-5,10-14H2,1H3,(H,20,22)/t16-,18-/m1/s1. The topological polar surface area (TPSA) is 50.8 Å². The summed E-state index contributed by atoms with van der Waals surface area (Å²) in [7, 11) is 0. The molecule has 0 radical (unpaired) electrons. The second-order valence-corrected chi connectivity index (χ2v) is 6.68. The van der Waals surface area contributed by atoms with Gasteiger partial charge in [-0.25, -0.2) is 0 Å². The van der Waals surface area contributed by atoms with Crippen LogP contribution in [0.1, 0.15) is 43.0 Å². The van der Waals surface area contributed by atoms with Crippen LogP contribution in [0.4, 0.5) is 0 Å². The van der Waals surface area contributed by atoms with Crippen molar-refractivity contribution in [2.75, 3.05) is 32.8 Å². The summed E-state index contributed by atoms with van der Waals surface area (Å²) in [4.78, 5) is 14.8. The lowest BCUT2D eigenvalue weighted by molar-refractivity contribution is -0.0461. The van der Waals surface area contributed by atoms with Gasteiger partial charge in [0.25, 0.3) is 5.91 Å². The average molecular weight is 332 g/mol. The number of ether oxygens (including phenoxy) is 2. The second kappa shape index (κ2) is 8.49. The van der Waals surface area contributed by atoms with Gasteiger partial charge in [0.2, 0.25) is 0 Å². The van der Waals surface area contributed by atoms with Gasteiger partial charge in [0, 0.05) is 24.7 Å². The fourth-order valence-electron chi connectivity index (χ4n) is 3.35. The molecule has 2 saturated heterocycles. The van der Waals surface area contributed by atoms with Crippen molar-refractivity contribution in [1.82, 2.24) is 10.2 Å². The zero-order valence-electron chi connectivity index (χ0n) is 14.5. The number of benzene rings is 1. The summed E-state index contributed by atoms with van der Waals surface area (Å²) in [5, 5.41) is 2.99. The van der Waals surface area contributed by atoms with E-state index >= 15 is 0 Å². The maximum atomic E-state index is 12.3. The van der Waals surface area contributed by atoms with Gasteiger partial charge in [-0.05, 0) is 50.1 Å². The van der Waals surface area contributed by atoms with Crippen LogP contribution in [-0.4, -0.2) is 55.8 Å². The molecule has 0 unspecified atom stereocenters. The zero-order valence-corrected chi connectivity index (χ0v) is 14.5. The Morgan fingerprint density at radius 1 is 1.38 bits per heavy atom. The number of morpholine rings is 1. The van der Waals surface area contributed by atoms with Crippen molar-refractivity contribution in [1.29, 1.82) is 0 Å². The Kier molecular flexibility index (Phi) is 6.10. The van der Waals surface area contributed by atoms with Crippen LogP contribution in [0.2, 0.25) is 0 Å². The summed E-state index contributed by atoms with van der Waals surface area (Å²) in [6.45, 7) is 6.31. The molecule has 2 fully saturated rings. The molecule has 5 nitrogen and oxygen atoms in total. The van der Waals surface area contributed by atoms with Crippen molar-refractivity contribution in [3.8, 4) is 5.75 Å². The maximum absolute atomic E-state index is 12.3. The van der Waals surface area contributed by atoms with Crippen molar-refractivity contribution in [2.24, 2.45) is 0 Å². The highest BCUT2D eigenvalue weighted by Gasteiger charge is 2.32. The molecule has 5 heteroatoms. The van der Waals surface area contributed by atoms with Gasteiger partial charge in [0.05, 0.1) is 19.3 Å². The Bertz CT molecular complexity index is 532. The van der Waals surface area contributed by atoms with E-state index < -0.39 is 0 Å². The van der Waals surface area contributed by atoms with E-state index in [9.17, 15) is 4.79 Å². The number of carbonyl (C=O) groups excluding carboxylic acids is 1. The number of amides is 1. The summed E-state index contributed by atoms with van der Waals surface area (Å²) in [6.07, 6.45) is 4.76. The van der Waals surface area contributed by atoms with Crippen LogP contribution in [0.25, 0.3) is 0 Å². The Hall–Kier alpha value is -1.59. The highest BCUT2D eigenvalue weighted by Crippen LogP contribution is 2.22. The van der Waals surface area contributed by atoms with Crippen LogP contribution in [0.15, 0.2) is 24.3 Å². The summed E-state index contributed by atoms with van der Waals surface area (Å²) in [6, 6.07) is 7.94. The van der Waals surface area contributed by atoms with E-state index in [1.807, 2.05) is 24.3 Å². The van der Waals surface area contributed by atoms with Crippen molar-refractivity contribution < 1.29 is 14.3 Å². The molecule has 1 aromatic rings. The molecule has 2 heterocycles. The van der Waals surface area contributed by atoms with Crippen molar-refractivity contribution in [2.45, 2.75) is 44.8 Å². The molecule has 0 aliphatic carbocycles. The minimum atomic E-state index is -0.0535. The van der Waals surface area contributed by atoms with Crippen molar-refractivity contribution in [3.05, 3.63) is 29.8 Å². The fraction of sp³-hybridized carbons (Fsp3) is 0.632. The third-order valence-electron chi connectivity index (χ3n) is 4.83.